The molecule has 0 spiro atoms. The molecule has 4 nitrogen and oxygen atoms in total. The number of amides is 1. The maximum absolute atomic E-state index is 11.8. The van der Waals surface area contributed by atoms with Gasteiger partial charge in [0, 0.05) is 21.2 Å². The summed E-state index contributed by atoms with van der Waals surface area (Å²) in [7, 11) is 0. The summed E-state index contributed by atoms with van der Waals surface area (Å²) in [5.74, 6) is 1.61. The van der Waals surface area contributed by atoms with E-state index >= 15 is 0 Å². The molecule has 1 amide bonds. The topological polar surface area (TPSA) is 55.1 Å². The van der Waals surface area contributed by atoms with Gasteiger partial charge in [-0.3, -0.25) is 4.79 Å². The second-order valence-corrected chi connectivity index (χ2v) is 7.45. The van der Waals surface area contributed by atoms with Crippen LogP contribution in [0.4, 0.5) is 0 Å². The number of oxazole rings is 1. The first-order valence-corrected chi connectivity index (χ1v) is 9.69. The fraction of sp³-hybridized carbons (Fsp3) is 0.176. The molecule has 124 valence electrons. The summed E-state index contributed by atoms with van der Waals surface area (Å²) < 4.78 is 5.48. The fourth-order valence-corrected chi connectivity index (χ4v) is 3.50. The van der Waals surface area contributed by atoms with Crippen molar-refractivity contribution < 1.29 is 9.21 Å². The Bertz CT molecular complexity index is 785. The molecule has 7 heteroatoms. The van der Waals surface area contributed by atoms with Gasteiger partial charge in [0.25, 0.3) is 0 Å². The largest absolute Gasteiger partial charge is 0.444 e. The average Bonchev–Trinajstić information content (AvgIpc) is 3.25. The number of benzene rings is 1. The Morgan fingerprint density at radius 1 is 1.29 bits per heavy atom. The van der Waals surface area contributed by atoms with Crippen molar-refractivity contribution in [2.24, 2.45) is 0 Å². The van der Waals surface area contributed by atoms with Gasteiger partial charge in [-0.1, -0.05) is 17.7 Å². The Hall–Kier alpha value is -1.76. The van der Waals surface area contributed by atoms with Gasteiger partial charge in [-0.15, -0.1) is 23.1 Å². The van der Waals surface area contributed by atoms with Crippen LogP contribution in [0.15, 0.2) is 52.5 Å². The summed E-state index contributed by atoms with van der Waals surface area (Å²) >= 11 is 9.01. The van der Waals surface area contributed by atoms with E-state index in [1.54, 1.807) is 29.7 Å². The number of thioether (sulfide) groups is 1. The van der Waals surface area contributed by atoms with Crippen molar-refractivity contribution in [3.8, 4) is 11.5 Å². The van der Waals surface area contributed by atoms with Gasteiger partial charge in [0.05, 0.1) is 18.0 Å². The van der Waals surface area contributed by atoms with Crippen LogP contribution in [0.2, 0.25) is 5.02 Å². The van der Waals surface area contributed by atoms with Crippen LogP contribution < -0.4 is 5.32 Å². The summed E-state index contributed by atoms with van der Waals surface area (Å²) in [4.78, 5) is 17.4. The number of aromatic nitrogens is 1. The predicted molar refractivity (Wildman–Crippen MR) is 99.3 cm³/mol. The molecular weight excluding hydrogens is 364 g/mol. The lowest BCUT2D eigenvalue weighted by Gasteiger charge is -2.02. The Morgan fingerprint density at radius 2 is 2.12 bits per heavy atom. The minimum atomic E-state index is 0.0230. The van der Waals surface area contributed by atoms with E-state index in [0.29, 0.717) is 29.0 Å². The molecule has 0 aliphatic rings. The fourth-order valence-electron chi connectivity index (χ4n) is 2.00. The van der Waals surface area contributed by atoms with Gasteiger partial charge in [0.1, 0.15) is 6.26 Å². The number of carbonyl (C=O) groups is 1. The summed E-state index contributed by atoms with van der Waals surface area (Å²) in [6.07, 6.45) is 1.63. The Balaban J connectivity index is 1.43. The van der Waals surface area contributed by atoms with Crippen molar-refractivity contribution in [1.29, 1.82) is 0 Å². The van der Waals surface area contributed by atoms with E-state index in [1.807, 2.05) is 29.6 Å². The minimum absolute atomic E-state index is 0.0230. The van der Waals surface area contributed by atoms with Crippen LogP contribution in [0, 0.1) is 0 Å². The zero-order chi connectivity index (χ0) is 16.8. The van der Waals surface area contributed by atoms with Crippen LogP contribution in [-0.4, -0.2) is 16.6 Å². The number of nitrogens with zero attached hydrogens (tertiary/aromatic N) is 1. The smallest absolute Gasteiger partial charge is 0.230 e. The number of carbonyl (C=O) groups excluding carboxylic acids is 1. The average molecular weight is 379 g/mol. The van der Waals surface area contributed by atoms with Crippen molar-refractivity contribution >= 4 is 40.6 Å². The third-order valence-corrected chi connectivity index (χ3v) is 5.26. The van der Waals surface area contributed by atoms with Gasteiger partial charge in [-0.2, -0.15) is 0 Å². The number of thiophene rings is 1. The molecule has 2 heterocycles. The summed E-state index contributed by atoms with van der Waals surface area (Å²) in [5.41, 5.74) is 1.69. The molecular formula is C17H15ClN2O2S2. The van der Waals surface area contributed by atoms with E-state index in [1.165, 1.54) is 11.8 Å². The normalized spacial score (nSPS) is 10.7. The van der Waals surface area contributed by atoms with Crippen molar-refractivity contribution in [2.45, 2.75) is 12.3 Å². The van der Waals surface area contributed by atoms with E-state index in [0.717, 1.165) is 16.1 Å². The molecule has 0 unspecified atom stereocenters. The first-order valence-electron chi connectivity index (χ1n) is 7.28. The SMILES string of the molecule is O=C(CSCc1coc(-c2ccc(Cl)cc2)n1)NCc1cccs1. The Kier molecular flexibility index (Phi) is 5.96. The van der Waals surface area contributed by atoms with Crippen molar-refractivity contribution in [3.63, 3.8) is 0 Å². The lowest BCUT2D eigenvalue weighted by Crippen LogP contribution is -2.24. The van der Waals surface area contributed by atoms with Gasteiger partial charge in [-0.05, 0) is 35.7 Å². The highest BCUT2D eigenvalue weighted by Crippen LogP contribution is 2.22. The van der Waals surface area contributed by atoms with E-state index in [-0.39, 0.29) is 5.91 Å². The third-order valence-electron chi connectivity index (χ3n) is 3.17. The van der Waals surface area contributed by atoms with Crippen LogP contribution in [0.5, 0.6) is 0 Å². The number of hydrogen-bond acceptors (Lipinski definition) is 5. The van der Waals surface area contributed by atoms with Gasteiger partial charge in [-0.25, -0.2) is 4.98 Å². The summed E-state index contributed by atoms with van der Waals surface area (Å²) in [6, 6.07) is 11.3. The zero-order valence-electron chi connectivity index (χ0n) is 12.7. The maximum atomic E-state index is 11.8. The molecule has 0 saturated heterocycles. The van der Waals surface area contributed by atoms with Crippen LogP contribution in [-0.2, 0) is 17.1 Å². The number of halogens is 1. The molecule has 3 rings (SSSR count). The lowest BCUT2D eigenvalue weighted by atomic mass is 10.2. The lowest BCUT2D eigenvalue weighted by molar-refractivity contribution is -0.118. The molecule has 0 fully saturated rings. The van der Waals surface area contributed by atoms with Crippen LogP contribution >= 0.6 is 34.7 Å². The number of rotatable bonds is 7. The highest BCUT2D eigenvalue weighted by molar-refractivity contribution is 7.99. The molecule has 0 aliphatic carbocycles. The number of nitrogens with one attached hydrogen (secondary N) is 1. The molecule has 0 saturated carbocycles. The van der Waals surface area contributed by atoms with E-state index < -0.39 is 0 Å². The maximum Gasteiger partial charge on any atom is 0.230 e. The van der Waals surface area contributed by atoms with Gasteiger partial charge < -0.3 is 9.73 Å². The quantitative estimate of drug-likeness (QED) is 0.652. The molecule has 0 aliphatic heterocycles. The number of hydrogen-bond donors (Lipinski definition) is 1. The summed E-state index contributed by atoms with van der Waals surface area (Å²) in [5, 5.41) is 5.58. The van der Waals surface area contributed by atoms with E-state index in [9.17, 15) is 4.79 Å². The van der Waals surface area contributed by atoms with E-state index in [2.05, 4.69) is 10.3 Å². The Labute approximate surface area is 153 Å². The molecule has 2 aromatic heterocycles. The van der Waals surface area contributed by atoms with Gasteiger partial charge in [0.15, 0.2) is 0 Å². The molecule has 0 atom stereocenters. The predicted octanol–water partition coefficient (Wildman–Crippen LogP) is 4.61. The first kappa shape index (κ1) is 17.1. The molecule has 0 bridgehead atoms. The van der Waals surface area contributed by atoms with E-state index in [4.69, 9.17) is 16.0 Å². The first-order chi connectivity index (χ1) is 11.7. The molecule has 3 aromatic rings. The molecule has 1 aromatic carbocycles. The molecule has 0 radical (unpaired) electrons. The zero-order valence-corrected chi connectivity index (χ0v) is 15.1. The molecule has 1 N–H and O–H groups in total. The van der Waals surface area contributed by atoms with Crippen LogP contribution in [0.3, 0.4) is 0 Å². The second-order valence-electron chi connectivity index (χ2n) is 5.00. The van der Waals surface area contributed by atoms with Crippen molar-refractivity contribution in [2.75, 3.05) is 5.75 Å². The van der Waals surface area contributed by atoms with Crippen LogP contribution in [0.25, 0.3) is 11.5 Å². The second kappa shape index (κ2) is 8.37. The monoisotopic (exact) mass is 378 g/mol. The minimum Gasteiger partial charge on any atom is -0.444 e. The van der Waals surface area contributed by atoms with Gasteiger partial charge in [0.2, 0.25) is 11.8 Å². The van der Waals surface area contributed by atoms with Crippen molar-refractivity contribution in [3.05, 3.63) is 63.6 Å². The van der Waals surface area contributed by atoms with Crippen molar-refractivity contribution in [1.82, 2.24) is 10.3 Å². The third kappa shape index (κ3) is 4.87. The standard InChI is InChI=1S/C17H15ClN2O2S2/c18-13-5-3-12(4-6-13)17-20-14(9-22-17)10-23-11-16(21)19-8-15-2-1-7-24-15/h1-7,9H,8,10-11H2,(H,19,21). The highest BCUT2D eigenvalue weighted by Gasteiger charge is 2.08. The van der Waals surface area contributed by atoms with Gasteiger partial charge >= 0.3 is 0 Å². The summed E-state index contributed by atoms with van der Waals surface area (Å²) in [6.45, 7) is 0.585. The Morgan fingerprint density at radius 3 is 2.88 bits per heavy atom. The van der Waals surface area contributed by atoms with Crippen LogP contribution in [0.1, 0.15) is 10.6 Å². The highest BCUT2D eigenvalue weighted by atomic mass is 35.5. The molecule has 24 heavy (non-hydrogen) atoms.